The molecule has 0 aliphatic rings. The molecule has 0 saturated heterocycles. The van der Waals surface area contributed by atoms with Gasteiger partial charge in [0.2, 0.25) is 0 Å². The Morgan fingerprint density at radius 2 is 1.80 bits per heavy atom. The lowest BCUT2D eigenvalue weighted by Crippen LogP contribution is -2.07. The largest absolute Gasteiger partial charge is 0.291 e. The first-order valence-corrected chi connectivity index (χ1v) is 4.40. The maximum atomic E-state index is 4.32. The van der Waals surface area contributed by atoms with Gasteiger partial charge >= 0.3 is 0 Å². The van der Waals surface area contributed by atoms with E-state index < -0.39 is 0 Å². The second kappa shape index (κ2) is 4.50. The molecule has 0 heterocycles. The number of rotatable bonds is 0. The molecule has 0 saturated carbocycles. The van der Waals surface area contributed by atoms with Gasteiger partial charge in [-0.05, 0) is 11.2 Å². The lowest BCUT2D eigenvalue weighted by molar-refractivity contribution is -0.465. The van der Waals surface area contributed by atoms with Gasteiger partial charge in [-0.1, -0.05) is 11.8 Å². The summed E-state index contributed by atoms with van der Waals surface area (Å²) >= 11 is 1.67. The molecule has 10 heavy (non-hydrogen) atoms. The summed E-state index contributed by atoms with van der Waals surface area (Å²) in [4.78, 5) is 4.32. The predicted molar refractivity (Wildman–Crippen MR) is 49.4 cm³/mol. The molecule has 0 unspecified atom stereocenters. The number of thioether (sulfide) groups is 1. The molecule has 0 aliphatic heterocycles. The Morgan fingerprint density at radius 3 is 2.10 bits per heavy atom. The fraction of sp³-hybridized carbons (Fsp3) is 0.714. The highest BCUT2D eigenvalue weighted by molar-refractivity contribution is 8.13. The molecule has 0 aromatic heterocycles. The van der Waals surface area contributed by atoms with E-state index in [9.17, 15) is 0 Å². The van der Waals surface area contributed by atoms with Crippen molar-refractivity contribution in [1.82, 2.24) is 0 Å². The first-order valence-electron chi connectivity index (χ1n) is 3.18. The van der Waals surface area contributed by atoms with Crippen LogP contribution in [-0.2, 0) is 0 Å². The number of aliphatic imine (C=N–C) groups is 1. The van der Waals surface area contributed by atoms with E-state index in [1.807, 2.05) is 38.8 Å². The van der Waals surface area contributed by atoms with E-state index in [0.29, 0.717) is 0 Å². The highest BCUT2D eigenvalue weighted by Crippen LogP contribution is 1.96. The Labute approximate surface area is 67.1 Å². The van der Waals surface area contributed by atoms with Gasteiger partial charge in [0.15, 0.2) is 5.04 Å². The highest BCUT2D eigenvalue weighted by Gasteiger charge is 2.00. The summed E-state index contributed by atoms with van der Waals surface area (Å²) in [5.41, 5.74) is 0. The predicted octanol–water partition coefficient (Wildman–Crippen LogP) is 1.46. The summed E-state index contributed by atoms with van der Waals surface area (Å²) in [5.74, 6) is 1.05. The molecule has 0 fully saturated rings. The number of nitrogens with zero attached hydrogens (tertiary/aromatic N) is 2. The Hall–Kier alpha value is -0.310. The fourth-order valence-electron chi connectivity index (χ4n) is 0.374. The maximum absolute atomic E-state index is 4.32. The minimum Gasteiger partial charge on any atom is -0.268 e. The van der Waals surface area contributed by atoms with Crippen molar-refractivity contribution in [1.29, 1.82) is 0 Å². The fourth-order valence-corrected chi connectivity index (χ4v) is 0.597. The standard InChI is InChI=1S/C7H15N2S/c1-6(9(3)4)8-7(2)10-5/h1-5H3/q+1. The molecule has 0 spiro atoms. The van der Waals surface area contributed by atoms with Crippen LogP contribution in [0.15, 0.2) is 4.99 Å². The third-order valence-corrected chi connectivity index (χ3v) is 1.94. The number of hydrogen-bond donors (Lipinski definition) is 0. The second-order valence-corrected chi connectivity index (χ2v) is 3.28. The molecule has 0 N–H and O–H groups in total. The molecule has 0 rings (SSSR count). The molecule has 3 heteroatoms. The van der Waals surface area contributed by atoms with Crippen molar-refractivity contribution in [3.63, 3.8) is 0 Å². The zero-order valence-corrected chi connectivity index (χ0v) is 8.12. The van der Waals surface area contributed by atoms with E-state index in [2.05, 4.69) is 4.99 Å². The Bertz CT molecular complexity index is 166. The minimum atomic E-state index is 1.05. The van der Waals surface area contributed by atoms with Gasteiger partial charge in [-0.25, -0.2) is 0 Å². The molecular formula is C7H15N2S+. The van der Waals surface area contributed by atoms with Gasteiger partial charge < -0.3 is 0 Å². The first-order chi connectivity index (χ1) is 4.57. The van der Waals surface area contributed by atoms with Gasteiger partial charge in [0, 0.05) is 13.8 Å². The van der Waals surface area contributed by atoms with Crippen LogP contribution < -0.4 is 0 Å². The summed E-state index contributed by atoms with van der Waals surface area (Å²) in [6.07, 6.45) is 2.03. The van der Waals surface area contributed by atoms with E-state index in [1.165, 1.54) is 0 Å². The zero-order chi connectivity index (χ0) is 8.15. The topological polar surface area (TPSA) is 15.4 Å². The second-order valence-electron chi connectivity index (χ2n) is 2.28. The molecule has 58 valence electrons. The average Bonchev–Trinajstić information content (AvgIpc) is 1.87. The van der Waals surface area contributed by atoms with Gasteiger partial charge in [0.1, 0.15) is 0 Å². The monoisotopic (exact) mass is 159 g/mol. The van der Waals surface area contributed by atoms with E-state index in [0.717, 1.165) is 10.9 Å². The Balaban J connectivity index is 4.27. The summed E-state index contributed by atoms with van der Waals surface area (Å²) in [6, 6.07) is 0. The molecule has 0 atom stereocenters. The minimum absolute atomic E-state index is 1.05. The molecule has 0 aliphatic carbocycles. The first kappa shape index (κ1) is 9.69. The van der Waals surface area contributed by atoms with E-state index in [1.54, 1.807) is 11.8 Å². The lowest BCUT2D eigenvalue weighted by atomic mass is 10.6. The van der Waals surface area contributed by atoms with Crippen molar-refractivity contribution in [2.45, 2.75) is 13.8 Å². The molecule has 0 aromatic carbocycles. The molecule has 0 amide bonds. The number of hydrogen-bond acceptors (Lipinski definition) is 1. The SMILES string of the molecule is CSC(C)=NC(C)=[N+](C)C. The highest BCUT2D eigenvalue weighted by atomic mass is 32.2. The summed E-state index contributed by atoms with van der Waals surface area (Å²) in [5, 5.41) is 1.10. The van der Waals surface area contributed by atoms with Crippen LogP contribution in [0, 0.1) is 0 Å². The van der Waals surface area contributed by atoms with Gasteiger partial charge in [-0.3, -0.25) is 4.58 Å². The summed E-state index contributed by atoms with van der Waals surface area (Å²) in [7, 11) is 3.98. The van der Waals surface area contributed by atoms with Crippen LogP contribution in [0.3, 0.4) is 0 Å². The van der Waals surface area contributed by atoms with E-state index >= 15 is 0 Å². The van der Waals surface area contributed by atoms with Crippen molar-refractivity contribution < 1.29 is 4.58 Å². The third-order valence-electron chi connectivity index (χ3n) is 1.26. The number of amidine groups is 1. The van der Waals surface area contributed by atoms with Crippen LogP contribution >= 0.6 is 11.8 Å². The molecule has 0 aromatic rings. The summed E-state index contributed by atoms with van der Waals surface area (Å²) in [6.45, 7) is 4.01. The average molecular weight is 159 g/mol. The third kappa shape index (κ3) is 3.67. The summed E-state index contributed by atoms with van der Waals surface area (Å²) < 4.78 is 2.00. The smallest absolute Gasteiger partial charge is 0.268 e. The van der Waals surface area contributed by atoms with Crippen LogP contribution in [0.4, 0.5) is 0 Å². The van der Waals surface area contributed by atoms with E-state index in [-0.39, 0.29) is 0 Å². The van der Waals surface area contributed by atoms with Crippen LogP contribution in [0.1, 0.15) is 13.8 Å². The van der Waals surface area contributed by atoms with Gasteiger partial charge in [-0.15, -0.1) is 0 Å². The molecule has 2 nitrogen and oxygen atoms in total. The van der Waals surface area contributed by atoms with Crippen molar-refractivity contribution in [3.05, 3.63) is 0 Å². The maximum Gasteiger partial charge on any atom is 0.291 e. The molecular weight excluding hydrogens is 144 g/mol. The zero-order valence-electron chi connectivity index (χ0n) is 7.30. The Morgan fingerprint density at radius 1 is 1.30 bits per heavy atom. The van der Waals surface area contributed by atoms with Crippen molar-refractivity contribution in [2.24, 2.45) is 4.99 Å². The van der Waals surface area contributed by atoms with Crippen molar-refractivity contribution in [3.8, 4) is 0 Å². The van der Waals surface area contributed by atoms with Gasteiger partial charge in [0.25, 0.3) is 5.84 Å². The molecule has 0 radical (unpaired) electrons. The Kier molecular flexibility index (Phi) is 4.36. The van der Waals surface area contributed by atoms with Crippen LogP contribution in [0.2, 0.25) is 0 Å². The van der Waals surface area contributed by atoms with Crippen molar-refractivity contribution in [2.75, 3.05) is 20.4 Å². The van der Waals surface area contributed by atoms with Crippen LogP contribution in [-0.4, -0.2) is 35.8 Å². The van der Waals surface area contributed by atoms with Gasteiger partial charge in [0.05, 0.1) is 14.1 Å². The van der Waals surface area contributed by atoms with Gasteiger partial charge in [-0.2, -0.15) is 0 Å². The lowest BCUT2D eigenvalue weighted by Gasteiger charge is -1.89. The van der Waals surface area contributed by atoms with E-state index in [4.69, 9.17) is 0 Å². The van der Waals surface area contributed by atoms with Crippen molar-refractivity contribution >= 4 is 22.6 Å². The quantitative estimate of drug-likeness (QED) is 0.297. The molecule has 0 bridgehead atoms. The normalized spacial score (nSPS) is 11.5. The van der Waals surface area contributed by atoms with Crippen LogP contribution in [0.5, 0.6) is 0 Å². The van der Waals surface area contributed by atoms with Crippen LogP contribution in [0.25, 0.3) is 0 Å².